The number of amides is 1. The maximum atomic E-state index is 11.7. The summed E-state index contributed by atoms with van der Waals surface area (Å²) in [5, 5.41) is 4.11. The van der Waals surface area contributed by atoms with Gasteiger partial charge in [0, 0.05) is 17.0 Å². The first-order valence-electron chi connectivity index (χ1n) is 5.47. The molecule has 84 valence electrons. The topological polar surface area (TPSA) is 67.5 Å². The van der Waals surface area contributed by atoms with Gasteiger partial charge in [-0.05, 0) is 49.9 Å². The van der Waals surface area contributed by atoms with Gasteiger partial charge in [-0.1, -0.05) is 0 Å². The second-order valence-electron chi connectivity index (χ2n) is 3.95. The molecule has 0 heterocycles. The van der Waals surface area contributed by atoms with Crippen LogP contribution in [0.3, 0.4) is 0 Å². The third-order valence-corrected chi connectivity index (χ3v) is 2.67. The minimum Gasteiger partial charge on any atom is -0.399 e. The van der Waals surface area contributed by atoms with Gasteiger partial charge in [-0.2, -0.15) is 5.10 Å². The number of benzene rings is 1. The molecule has 16 heavy (non-hydrogen) atoms. The normalized spacial score (nSPS) is 14.9. The fourth-order valence-corrected chi connectivity index (χ4v) is 1.72. The quantitative estimate of drug-likeness (QED) is 0.587. The van der Waals surface area contributed by atoms with Gasteiger partial charge in [0.1, 0.15) is 0 Å². The minimum absolute atomic E-state index is 0.181. The van der Waals surface area contributed by atoms with Gasteiger partial charge >= 0.3 is 0 Å². The van der Waals surface area contributed by atoms with E-state index in [1.807, 2.05) is 0 Å². The molecule has 0 saturated heterocycles. The molecule has 0 spiro atoms. The Bertz CT molecular complexity index is 401. The van der Waals surface area contributed by atoms with Crippen molar-refractivity contribution < 1.29 is 4.79 Å². The summed E-state index contributed by atoms with van der Waals surface area (Å²) in [6.07, 6.45) is 4.36. The molecule has 1 amide bonds. The van der Waals surface area contributed by atoms with E-state index in [2.05, 4.69) is 10.5 Å². The van der Waals surface area contributed by atoms with Crippen LogP contribution in [-0.2, 0) is 0 Å². The molecule has 4 heteroatoms. The van der Waals surface area contributed by atoms with E-state index >= 15 is 0 Å². The second kappa shape index (κ2) is 4.79. The van der Waals surface area contributed by atoms with Crippen molar-refractivity contribution in [3.8, 4) is 0 Å². The number of anilines is 1. The lowest BCUT2D eigenvalue weighted by Crippen LogP contribution is -2.18. The van der Waals surface area contributed by atoms with Gasteiger partial charge in [0.15, 0.2) is 0 Å². The number of nitrogens with one attached hydrogen (secondary N) is 1. The first-order chi connectivity index (χ1) is 7.75. The molecule has 1 saturated carbocycles. The van der Waals surface area contributed by atoms with Crippen LogP contribution >= 0.6 is 0 Å². The summed E-state index contributed by atoms with van der Waals surface area (Å²) in [7, 11) is 0. The first-order valence-corrected chi connectivity index (χ1v) is 5.47. The second-order valence-corrected chi connectivity index (χ2v) is 3.95. The maximum absolute atomic E-state index is 11.7. The highest BCUT2D eigenvalue weighted by atomic mass is 16.2. The van der Waals surface area contributed by atoms with E-state index in [1.54, 1.807) is 24.3 Å². The predicted molar refractivity (Wildman–Crippen MR) is 64.2 cm³/mol. The van der Waals surface area contributed by atoms with E-state index in [1.165, 1.54) is 12.8 Å². The number of nitrogens with zero attached hydrogens (tertiary/aromatic N) is 1. The van der Waals surface area contributed by atoms with Crippen molar-refractivity contribution in [1.82, 2.24) is 5.43 Å². The summed E-state index contributed by atoms with van der Waals surface area (Å²) in [6.45, 7) is 0. The molecule has 1 aliphatic rings. The zero-order valence-corrected chi connectivity index (χ0v) is 9.07. The van der Waals surface area contributed by atoms with Crippen molar-refractivity contribution in [2.45, 2.75) is 25.7 Å². The van der Waals surface area contributed by atoms with E-state index in [9.17, 15) is 4.79 Å². The van der Waals surface area contributed by atoms with Crippen LogP contribution in [0.15, 0.2) is 29.4 Å². The zero-order valence-electron chi connectivity index (χ0n) is 9.07. The molecule has 0 aliphatic heterocycles. The summed E-state index contributed by atoms with van der Waals surface area (Å²) >= 11 is 0. The highest BCUT2D eigenvalue weighted by Gasteiger charge is 2.09. The minimum atomic E-state index is -0.181. The third-order valence-electron chi connectivity index (χ3n) is 2.67. The fourth-order valence-electron chi connectivity index (χ4n) is 1.72. The molecule has 2 rings (SSSR count). The van der Waals surface area contributed by atoms with Gasteiger partial charge in [0.25, 0.3) is 5.91 Å². The number of carbonyl (C=O) groups excluding carboxylic acids is 1. The van der Waals surface area contributed by atoms with E-state index in [0.29, 0.717) is 11.3 Å². The molecule has 0 unspecified atom stereocenters. The smallest absolute Gasteiger partial charge is 0.271 e. The van der Waals surface area contributed by atoms with Gasteiger partial charge in [0.2, 0.25) is 0 Å². The monoisotopic (exact) mass is 217 g/mol. The van der Waals surface area contributed by atoms with E-state index in [4.69, 9.17) is 5.73 Å². The van der Waals surface area contributed by atoms with Crippen molar-refractivity contribution in [3.63, 3.8) is 0 Å². The molecule has 0 radical (unpaired) electrons. The molecule has 0 bridgehead atoms. The predicted octanol–water partition coefficient (Wildman–Crippen LogP) is 1.93. The molecular weight excluding hydrogens is 202 g/mol. The Morgan fingerprint density at radius 3 is 2.44 bits per heavy atom. The number of hydrogen-bond donors (Lipinski definition) is 2. The Labute approximate surface area is 94.5 Å². The summed E-state index contributed by atoms with van der Waals surface area (Å²) < 4.78 is 0. The van der Waals surface area contributed by atoms with Gasteiger partial charge in [-0.25, -0.2) is 5.43 Å². The largest absolute Gasteiger partial charge is 0.399 e. The standard InChI is InChI=1S/C12H15N3O/c13-10-7-5-9(6-8-10)12(16)15-14-11-3-1-2-4-11/h5-8H,1-4,13H2,(H,15,16). The average molecular weight is 217 g/mol. The molecule has 0 atom stereocenters. The van der Waals surface area contributed by atoms with Crippen LogP contribution in [0, 0.1) is 0 Å². The number of hydrazone groups is 1. The van der Waals surface area contributed by atoms with Crippen LogP contribution in [-0.4, -0.2) is 11.6 Å². The first kappa shape index (κ1) is 10.7. The molecule has 3 N–H and O–H groups in total. The highest BCUT2D eigenvalue weighted by Crippen LogP contribution is 2.14. The van der Waals surface area contributed by atoms with Crippen LogP contribution in [0.1, 0.15) is 36.0 Å². The van der Waals surface area contributed by atoms with Crippen LogP contribution in [0.2, 0.25) is 0 Å². The van der Waals surface area contributed by atoms with Crippen molar-refractivity contribution in [2.75, 3.05) is 5.73 Å². The van der Waals surface area contributed by atoms with Crippen molar-refractivity contribution >= 4 is 17.3 Å². The molecule has 0 aromatic heterocycles. The van der Waals surface area contributed by atoms with Gasteiger partial charge in [-0.3, -0.25) is 4.79 Å². The Morgan fingerprint density at radius 1 is 1.19 bits per heavy atom. The molecule has 4 nitrogen and oxygen atoms in total. The number of hydrogen-bond acceptors (Lipinski definition) is 3. The summed E-state index contributed by atoms with van der Waals surface area (Å²) in [5.41, 5.74) is 10.4. The highest BCUT2D eigenvalue weighted by molar-refractivity contribution is 5.95. The number of nitrogen functional groups attached to an aromatic ring is 1. The fraction of sp³-hybridized carbons (Fsp3) is 0.333. The third kappa shape index (κ3) is 2.59. The van der Waals surface area contributed by atoms with Crippen LogP contribution < -0.4 is 11.2 Å². The van der Waals surface area contributed by atoms with E-state index in [-0.39, 0.29) is 5.91 Å². The van der Waals surface area contributed by atoms with Crippen molar-refractivity contribution in [3.05, 3.63) is 29.8 Å². The number of carbonyl (C=O) groups is 1. The van der Waals surface area contributed by atoms with Gasteiger partial charge < -0.3 is 5.73 Å². The Hall–Kier alpha value is -1.84. The summed E-state index contributed by atoms with van der Waals surface area (Å²) in [6, 6.07) is 6.80. The zero-order chi connectivity index (χ0) is 11.4. The van der Waals surface area contributed by atoms with Gasteiger partial charge in [-0.15, -0.1) is 0 Å². The van der Waals surface area contributed by atoms with E-state index in [0.717, 1.165) is 18.6 Å². The number of rotatable bonds is 2. The molecule has 1 fully saturated rings. The molecule has 1 aliphatic carbocycles. The Balaban J connectivity index is 1.97. The molecule has 1 aromatic carbocycles. The SMILES string of the molecule is Nc1ccc(C(=O)NN=C2CCCC2)cc1. The number of nitrogens with two attached hydrogens (primary N) is 1. The lowest BCUT2D eigenvalue weighted by Gasteiger charge is -2.01. The van der Waals surface area contributed by atoms with Crippen molar-refractivity contribution in [2.24, 2.45) is 5.10 Å². The lowest BCUT2D eigenvalue weighted by atomic mass is 10.2. The van der Waals surface area contributed by atoms with Crippen LogP contribution in [0.25, 0.3) is 0 Å². The lowest BCUT2D eigenvalue weighted by molar-refractivity contribution is 0.0954. The summed E-state index contributed by atoms with van der Waals surface area (Å²) in [5.74, 6) is -0.181. The molecular formula is C12H15N3O. The Morgan fingerprint density at radius 2 is 1.81 bits per heavy atom. The maximum Gasteiger partial charge on any atom is 0.271 e. The molecule has 1 aromatic rings. The van der Waals surface area contributed by atoms with Gasteiger partial charge in [0.05, 0.1) is 0 Å². The Kier molecular flexibility index (Phi) is 3.19. The average Bonchev–Trinajstić information content (AvgIpc) is 2.80. The van der Waals surface area contributed by atoms with E-state index < -0.39 is 0 Å². The summed E-state index contributed by atoms with van der Waals surface area (Å²) in [4.78, 5) is 11.7. The van der Waals surface area contributed by atoms with Crippen LogP contribution in [0.4, 0.5) is 5.69 Å². The van der Waals surface area contributed by atoms with Crippen LogP contribution in [0.5, 0.6) is 0 Å². The van der Waals surface area contributed by atoms with Crippen molar-refractivity contribution in [1.29, 1.82) is 0 Å².